The van der Waals surface area contributed by atoms with Crippen molar-refractivity contribution >= 4 is 126 Å². The molecule has 0 bridgehead atoms. The fourth-order valence-electron chi connectivity index (χ4n) is 17.2. The van der Waals surface area contributed by atoms with Crippen LogP contribution in [0.5, 0.6) is 5.75 Å². The summed E-state index contributed by atoms with van der Waals surface area (Å²) in [5, 5.41) is 13.6. The van der Waals surface area contributed by atoms with Crippen molar-refractivity contribution in [1.29, 1.82) is 0 Å². The number of para-hydroxylation sites is 4. The van der Waals surface area contributed by atoms with Crippen molar-refractivity contribution < 1.29 is 9.68 Å². The second kappa shape index (κ2) is 26.1. The number of aromatic nitrogens is 2. The molecule has 0 unspecified atom stereocenters. The minimum atomic E-state index is 0.0892. The van der Waals surface area contributed by atoms with Gasteiger partial charge < -0.3 is 28.4 Å². The van der Waals surface area contributed by atoms with Gasteiger partial charge in [-0.15, -0.1) is 0 Å². The van der Waals surface area contributed by atoms with Crippen LogP contribution < -0.4 is 36.1 Å². The fourth-order valence-corrected chi connectivity index (χ4v) is 17.6. The lowest BCUT2D eigenvalue weighted by Gasteiger charge is -2.43. The third-order valence-corrected chi connectivity index (χ3v) is 22.3. The second-order valence-electron chi connectivity index (χ2n) is 27.5. The summed E-state index contributed by atoms with van der Waals surface area (Å²) in [6.07, 6.45) is 0. The van der Waals surface area contributed by atoms with Gasteiger partial charge in [-0.25, -0.2) is 0 Å². The van der Waals surface area contributed by atoms with Gasteiger partial charge in [0.1, 0.15) is 5.75 Å². The fraction of sp³-hybridized carbons (Fsp3) is 0. The number of hydrogen-bond donors (Lipinski definition) is 1. The molecule has 0 spiro atoms. The molecule has 106 heavy (non-hydrogen) atoms. The van der Waals surface area contributed by atoms with E-state index >= 15 is 0 Å². The maximum atomic E-state index is 8.84. The minimum absolute atomic E-state index is 0.0892. The van der Waals surface area contributed by atoms with Gasteiger partial charge in [-0.2, -0.15) is 0 Å². The van der Waals surface area contributed by atoms with Gasteiger partial charge >= 0.3 is 21.4 Å². The van der Waals surface area contributed by atoms with Crippen LogP contribution in [0.2, 0.25) is 0 Å². The van der Waals surface area contributed by atoms with E-state index in [1.807, 2.05) is 48.5 Å². The Kier molecular flexibility index (Phi) is 15.5. The normalized spacial score (nSPS) is 12.4. The predicted octanol–water partition coefficient (Wildman–Crippen LogP) is 21.7. The standard InChI is InChI=1S/C48H31BN2.C30H19BBrN.C18H13BNO2/c1-3-13-32(14-4-1)33-24-27-47-40(29-33)37-17-7-10-20-43(37)49-44-21-11-8-18-38(44)41-30-35(25-28-48(41)51(47)49)34-23-26-46-42(31-34)39-19-9-12-22-45(39)50(46)36-15-5-2-6-16-36;32-22-15-17-30-26(19-22)24-11-5-7-13-28(24)31-27-12-6-4-10-23(27)25-18-21(14-16-29(25)33(30)31)20-8-2-1-3-9-20;21-19-22-14-10-11-18-16(12-14)15-8-4-5-9-17(15)20(18)13-6-2-1-3-7-13/h1-31H;1-19H;1-12,21H. The first kappa shape index (κ1) is 62.9. The van der Waals surface area contributed by atoms with Crippen LogP contribution in [0.1, 0.15) is 0 Å². The van der Waals surface area contributed by atoms with Crippen LogP contribution in [0.25, 0.3) is 133 Å². The molecule has 2 aromatic heterocycles. The molecule has 0 aliphatic carbocycles. The molecule has 4 aliphatic heterocycles. The molecule has 18 aromatic rings. The molecule has 0 saturated heterocycles. The average molecular weight is 1420 g/mol. The summed E-state index contributed by atoms with van der Waals surface area (Å²) in [6.45, 7) is 0.243. The summed E-state index contributed by atoms with van der Waals surface area (Å²) in [7, 11) is 0.706. The molecule has 1 N–H and O–H groups in total. The molecule has 4 aliphatic rings. The lowest BCUT2D eigenvalue weighted by atomic mass is 9.43. The molecule has 16 aromatic carbocycles. The number of fused-ring (bicyclic) bond motifs is 28. The highest BCUT2D eigenvalue weighted by molar-refractivity contribution is 9.10. The molecule has 0 atom stereocenters. The Morgan fingerprint density at radius 1 is 0.255 bits per heavy atom. The van der Waals surface area contributed by atoms with E-state index in [0.717, 1.165) is 32.0 Å². The largest absolute Gasteiger partial charge is 0.569 e. The van der Waals surface area contributed by atoms with Gasteiger partial charge in [0.25, 0.3) is 0 Å². The number of nitrogens with zero attached hydrogens (tertiary/aromatic N) is 4. The molecule has 0 amide bonds. The Balaban J connectivity index is 0.000000116. The molecule has 6 nitrogen and oxygen atoms in total. The third-order valence-electron chi connectivity index (χ3n) is 21.8. The molecule has 10 heteroatoms. The van der Waals surface area contributed by atoms with E-state index in [4.69, 9.17) is 9.68 Å². The van der Waals surface area contributed by atoms with E-state index in [9.17, 15) is 0 Å². The molecule has 22 rings (SSSR count). The molecular weight excluding hydrogens is 1350 g/mol. The molecule has 0 saturated carbocycles. The highest BCUT2D eigenvalue weighted by Crippen LogP contribution is 2.51. The van der Waals surface area contributed by atoms with Crippen LogP contribution in [-0.2, 0) is 0 Å². The number of halogens is 1. The second-order valence-corrected chi connectivity index (χ2v) is 28.4. The van der Waals surface area contributed by atoms with Crippen molar-refractivity contribution in [2.24, 2.45) is 0 Å². The van der Waals surface area contributed by atoms with Crippen LogP contribution in [-0.4, -0.2) is 35.5 Å². The van der Waals surface area contributed by atoms with Crippen LogP contribution in [0, 0.1) is 0 Å². The highest BCUT2D eigenvalue weighted by Gasteiger charge is 2.44. The van der Waals surface area contributed by atoms with E-state index in [1.54, 1.807) is 0 Å². The lowest BCUT2D eigenvalue weighted by Crippen LogP contribution is -2.59. The van der Waals surface area contributed by atoms with Gasteiger partial charge in [0, 0.05) is 82.4 Å². The van der Waals surface area contributed by atoms with Gasteiger partial charge in [0.15, 0.2) is 0 Å². The Morgan fingerprint density at radius 3 is 1.01 bits per heavy atom. The zero-order chi connectivity index (χ0) is 70.3. The number of benzene rings is 16. The number of hydrogen-bond acceptors (Lipinski definition) is 4. The van der Waals surface area contributed by atoms with Crippen molar-refractivity contribution in [3.05, 3.63) is 381 Å². The molecule has 0 fully saturated rings. The van der Waals surface area contributed by atoms with Crippen molar-refractivity contribution in [1.82, 2.24) is 9.13 Å². The summed E-state index contributed by atoms with van der Waals surface area (Å²) >= 11 is 3.70. The smallest absolute Gasteiger partial charge is 0.537 e. The quantitative estimate of drug-likeness (QED) is 0.162. The van der Waals surface area contributed by atoms with Crippen molar-refractivity contribution in [2.45, 2.75) is 0 Å². The summed E-state index contributed by atoms with van der Waals surface area (Å²) in [6, 6.07) is 136. The number of anilines is 4. The van der Waals surface area contributed by atoms with Crippen molar-refractivity contribution in [3.8, 4) is 95.0 Å². The van der Waals surface area contributed by atoms with E-state index in [0.29, 0.717) is 13.4 Å². The zero-order valence-electron chi connectivity index (χ0n) is 57.6. The van der Waals surface area contributed by atoms with Crippen LogP contribution in [0.4, 0.5) is 22.7 Å². The summed E-state index contributed by atoms with van der Waals surface area (Å²) < 4.78 is 10.8. The first-order valence-corrected chi connectivity index (χ1v) is 36.9. The van der Waals surface area contributed by atoms with Crippen molar-refractivity contribution in [3.63, 3.8) is 0 Å². The Bertz CT molecular complexity index is 6480. The van der Waals surface area contributed by atoms with Gasteiger partial charge in [0.2, 0.25) is 0 Å². The summed E-state index contributed by atoms with van der Waals surface area (Å²) in [5.74, 6) is 0.617. The van der Waals surface area contributed by atoms with Gasteiger partial charge in [0.05, 0.1) is 22.1 Å². The lowest BCUT2D eigenvalue weighted by molar-refractivity contribution is 0.454. The van der Waals surface area contributed by atoms with Crippen molar-refractivity contribution in [2.75, 3.05) is 9.62 Å². The van der Waals surface area contributed by atoms with E-state index in [-0.39, 0.29) is 13.7 Å². The summed E-state index contributed by atoms with van der Waals surface area (Å²) in [4.78, 5) is 5.13. The van der Waals surface area contributed by atoms with Gasteiger partial charge in [-0.05, 0) is 199 Å². The third kappa shape index (κ3) is 10.5. The molecule has 1 radical (unpaired) electrons. The molecule has 495 valence electrons. The molecule has 6 heterocycles. The maximum absolute atomic E-state index is 8.84. The average Bonchev–Trinajstić information content (AvgIpc) is 1.05. The first-order valence-electron chi connectivity index (χ1n) is 36.1. The maximum Gasteiger partial charge on any atom is 0.569 e. The zero-order valence-corrected chi connectivity index (χ0v) is 59.1. The predicted molar refractivity (Wildman–Crippen MR) is 450 cm³/mol. The monoisotopic (exact) mass is 1420 g/mol. The Morgan fingerprint density at radius 2 is 0.575 bits per heavy atom. The first-order chi connectivity index (χ1) is 52.5. The molecular formula is C96H63B3BrN4O2. The SMILES string of the molecule is Brc1ccc2c(c1)-c1ccccc1B1c3ccccc3-c3cc(-c4ccccc4)ccc3N12.O[B]Oc1ccc2c(c1)c1ccccc1n2-c1ccccc1.c1ccc(-c2ccc3c(c2)-c2ccccc2B2c4ccccc4-c4cc(-c5ccc6c(c5)c5ccccc5n6-c5ccccc5)ccc4N23)cc1. The van der Waals surface area contributed by atoms with Gasteiger partial charge in [-0.1, -0.05) is 271 Å². The van der Waals surface area contributed by atoms with Gasteiger partial charge in [-0.3, -0.25) is 0 Å². The van der Waals surface area contributed by atoms with Crippen LogP contribution in [0.3, 0.4) is 0 Å². The minimum Gasteiger partial charge on any atom is -0.537 e. The Labute approximate surface area is 625 Å². The highest BCUT2D eigenvalue weighted by atomic mass is 79.9. The summed E-state index contributed by atoms with van der Waals surface area (Å²) in [5.41, 5.74) is 35.2. The Hall–Kier alpha value is -12.8. The van der Waals surface area contributed by atoms with Crippen LogP contribution in [0.15, 0.2) is 381 Å². The topological polar surface area (TPSA) is 45.8 Å². The van der Waals surface area contributed by atoms with E-state index in [2.05, 4.69) is 362 Å². The number of rotatable bonds is 7. The van der Waals surface area contributed by atoms with E-state index < -0.39 is 0 Å². The van der Waals surface area contributed by atoms with E-state index in [1.165, 1.54) is 150 Å². The van der Waals surface area contributed by atoms with Crippen LogP contribution >= 0.6 is 15.9 Å².